The molecular weight excluding hydrogens is 296 g/mol. The second-order valence-electron chi connectivity index (χ2n) is 4.90. The van der Waals surface area contributed by atoms with E-state index in [9.17, 15) is 8.42 Å². The topological polar surface area (TPSA) is 58.6 Å². The van der Waals surface area contributed by atoms with Crippen LogP contribution in [0.25, 0.3) is 0 Å². The van der Waals surface area contributed by atoms with E-state index in [1.54, 1.807) is 13.2 Å². The van der Waals surface area contributed by atoms with Gasteiger partial charge in [-0.15, -0.1) is 11.3 Å². The Morgan fingerprint density at radius 2 is 2.10 bits per heavy atom. The second-order valence-corrected chi connectivity index (χ2v) is 8.16. The van der Waals surface area contributed by atoms with Crippen molar-refractivity contribution in [3.05, 3.63) is 16.5 Å². The summed E-state index contributed by atoms with van der Waals surface area (Å²) >= 11 is 1.34. The monoisotopic (exact) mass is 320 g/mol. The fourth-order valence-corrected chi connectivity index (χ4v) is 5.26. The Kier molecular flexibility index (Phi) is 6.60. The Hall–Kier alpha value is -0.470. The minimum absolute atomic E-state index is 0.0923. The molecule has 0 bridgehead atoms. The van der Waals surface area contributed by atoms with Crippen LogP contribution in [-0.2, 0) is 21.3 Å². The molecule has 0 saturated heterocycles. The molecule has 0 unspecified atom stereocenters. The molecule has 0 aromatic carbocycles. The highest BCUT2D eigenvalue weighted by molar-refractivity contribution is 7.91. The van der Waals surface area contributed by atoms with Gasteiger partial charge in [-0.1, -0.05) is 0 Å². The van der Waals surface area contributed by atoms with E-state index < -0.39 is 10.0 Å². The van der Waals surface area contributed by atoms with Gasteiger partial charge in [-0.05, 0) is 39.4 Å². The van der Waals surface area contributed by atoms with Crippen LogP contribution in [0, 0.1) is 6.92 Å². The molecule has 1 rings (SSSR count). The van der Waals surface area contributed by atoms with Gasteiger partial charge in [-0.25, -0.2) is 8.42 Å². The summed E-state index contributed by atoms with van der Waals surface area (Å²) in [6.45, 7) is 7.15. The normalized spacial score (nSPS) is 12.6. The van der Waals surface area contributed by atoms with E-state index in [1.165, 1.54) is 15.6 Å². The number of sulfonamides is 1. The van der Waals surface area contributed by atoms with Gasteiger partial charge in [-0.3, -0.25) is 0 Å². The number of aryl methyl sites for hydroxylation is 1. The van der Waals surface area contributed by atoms with Crippen molar-refractivity contribution in [3.8, 4) is 0 Å². The zero-order valence-electron chi connectivity index (χ0n) is 12.8. The fraction of sp³-hybridized carbons (Fsp3) is 0.692. The molecule has 1 heterocycles. The summed E-state index contributed by atoms with van der Waals surface area (Å²) in [5, 5.41) is 3.06. The van der Waals surface area contributed by atoms with Crippen molar-refractivity contribution in [1.29, 1.82) is 0 Å². The first kappa shape index (κ1) is 17.6. The third-order valence-corrected chi connectivity index (χ3v) is 6.75. The zero-order chi connectivity index (χ0) is 15.3. The first-order chi connectivity index (χ1) is 9.34. The predicted molar refractivity (Wildman–Crippen MR) is 82.7 cm³/mol. The van der Waals surface area contributed by atoms with Gasteiger partial charge in [0.25, 0.3) is 10.0 Å². The zero-order valence-corrected chi connectivity index (χ0v) is 14.4. The number of nitrogens with one attached hydrogen (secondary N) is 1. The number of hydrogen-bond donors (Lipinski definition) is 1. The first-order valence-electron chi connectivity index (χ1n) is 6.59. The van der Waals surface area contributed by atoms with Gasteiger partial charge in [0.15, 0.2) is 0 Å². The average Bonchev–Trinajstić information content (AvgIpc) is 2.72. The largest absolute Gasteiger partial charge is 0.383 e. The fourth-order valence-electron chi connectivity index (χ4n) is 1.90. The number of ether oxygens (including phenoxy) is 1. The predicted octanol–water partition coefficient (Wildman–Crippen LogP) is 1.82. The van der Waals surface area contributed by atoms with E-state index in [0.29, 0.717) is 23.9 Å². The van der Waals surface area contributed by atoms with Crippen molar-refractivity contribution in [3.63, 3.8) is 0 Å². The molecule has 0 spiro atoms. The third-order valence-electron chi connectivity index (χ3n) is 2.99. The Labute approximate surface area is 126 Å². The lowest BCUT2D eigenvalue weighted by atomic mass is 10.3. The summed E-state index contributed by atoms with van der Waals surface area (Å²) in [6.07, 6.45) is 0. The highest BCUT2D eigenvalue weighted by Gasteiger charge is 2.28. The van der Waals surface area contributed by atoms with Crippen LogP contribution in [0.1, 0.15) is 24.3 Å². The Balaban J connectivity index is 3.09. The molecular formula is C13H24N2O3S2. The second kappa shape index (κ2) is 7.51. The highest BCUT2D eigenvalue weighted by atomic mass is 32.2. The Bertz CT molecular complexity index is 524. The van der Waals surface area contributed by atoms with Gasteiger partial charge in [0.2, 0.25) is 0 Å². The molecule has 0 saturated carbocycles. The lowest BCUT2D eigenvalue weighted by Crippen LogP contribution is -2.38. The average molecular weight is 320 g/mol. The van der Waals surface area contributed by atoms with Gasteiger partial charge in [0.05, 0.1) is 6.61 Å². The van der Waals surface area contributed by atoms with Gasteiger partial charge in [-0.2, -0.15) is 4.31 Å². The summed E-state index contributed by atoms with van der Waals surface area (Å²) in [7, 11) is -0.0201. The maximum Gasteiger partial charge on any atom is 0.252 e. The van der Waals surface area contributed by atoms with Crippen molar-refractivity contribution >= 4 is 21.4 Å². The molecule has 1 N–H and O–H groups in total. The number of rotatable bonds is 8. The first-order valence-corrected chi connectivity index (χ1v) is 8.85. The molecule has 0 aliphatic rings. The van der Waals surface area contributed by atoms with Crippen molar-refractivity contribution in [2.45, 2.75) is 37.6 Å². The maximum absolute atomic E-state index is 12.7. The van der Waals surface area contributed by atoms with Crippen LogP contribution in [0.2, 0.25) is 0 Å². The number of thiophene rings is 1. The summed E-state index contributed by atoms with van der Waals surface area (Å²) in [5.74, 6) is 0. The van der Waals surface area contributed by atoms with Crippen LogP contribution < -0.4 is 5.32 Å². The number of hydrogen-bond acceptors (Lipinski definition) is 5. The lowest BCUT2D eigenvalue weighted by molar-refractivity contribution is 0.171. The Morgan fingerprint density at radius 1 is 1.45 bits per heavy atom. The summed E-state index contributed by atoms with van der Waals surface area (Å²) in [4.78, 5) is 1.06. The number of methoxy groups -OCH3 is 1. The van der Waals surface area contributed by atoms with Crippen molar-refractivity contribution in [2.75, 3.05) is 27.3 Å². The van der Waals surface area contributed by atoms with Gasteiger partial charge in [0, 0.05) is 31.1 Å². The number of nitrogens with zero attached hydrogens (tertiary/aromatic N) is 1. The minimum Gasteiger partial charge on any atom is -0.383 e. The smallest absolute Gasteiger partial charge is 0.252 e. The molecule has 0 fully saturated rings. The minimum atomic E-state index is -3.45. The van der Waals surface area contributed by atoms with Gasteiger partial charge >= 0.3 is 0 Å². The quantitative estimate of drug-likeness (QED) is 0.794. The molecule has 7 heteroatoms. The van der Waals surface area contributed by atoms with Gasteiger partial charge in [0.1, 0.15) is 4.21 Å². The molecule has 0 atom stereocenters. The van der Waals surface area contributed by atoms with Gasteiger partial charge < -0.3 is 10.1 Å². The van der Waals surface area contributed by atoms with E-state index in [2.05, 4.69) is 5.32 Å². The van der Waals surface area contributed by atoms with Crippen LogP contribution >= 0.6 is 11.3 Å². The molecule has 0 aliphatic heterocycles. The van der Waals surface area contributed by atoms with E-state index in [4.69, 9.17) is 4.74 Å². The molecule has 0 amide bonds. The molecule has 0 aliphatic carbocycles. The Morgan fingerprint density at radius 3 is 2.60 bits per heavy atom. The lowest BCUT2D eigenvalue weighted by Gasteiger charge is -2.24. The third kappa shape index (κ3) is 4.02. The van der Waals surface area contributed by atoms with Crippen molar-refractivity contribution < 1.29 is 13.2 Å². The molecule has 20 heavy (non-hydrogen) atoms. The van der Waals surface area contributed by atoms with E-state index >= 15 is 0 Å². The highest BCUT2D eigenvalue weighted by Crippen LogP contribution is 2.29. The van der Waals surface area contributed by atoms with E-state index in [1.807, 2.05) is 27.8 Å². The van der Waals surface area contributed by atoms with Crippen molar-refractivity contribution in [2.24, 2.45) is 0 Å². The van der Waals surface area contributed by atoms with Crippen LogP contribution in [-0.4, -0.2) is 46.1 Å². The molecule has 1 aromatic heterocycles. The van der Waals surface area contributed by atoms with Crippen LogP contribution in [0.3, 0.4) is 0 Å². The summed E-state index contributed by atoms with van der Waals surface area (Å²) in [6, 6.07) is 1.67. The summed E-state index contributed by atoms with van der Waals surface area (Å²) < 4.78 is 32.3. The molecule has 116 valence electrons. The van der Waals surface area contributed by atoms with Crippen LogP contribution in [0.4, 0.5) is 0 Å². The van der Waals surface area contributed by atoms with Crippen molar-refractivity contribution in [1.82, 2.24) is 9.62 Å². The molecule has 0 radical (unpaired) electrons. The van der Waals surface area contributed by atoms with Crippen LogP contribution in [0.5, 0.6) is 0 Å². The molecule has 5 nitrogen and oxygen atoms in total. The van der Waals surface area contributed by atoms with E-state index in [-0.39, 0.29) is 6.04 Å². The summed E-state index contributed by atoms with van der Waals surface area (Å²) in [5.41, 5.74) is 1.01. The maximum atomic E-state index is 12.7. The standard InChI is InChI=1S/C13H24N2O3S2/c1-10(2)15(6-7-18-5)20(16,17)13-8-11(3)12(19-13)9-14-4/h8,10,14H,6-7,9H2,1-5H3. The van der Waals surface area contributed by atoms with Crippen LogP contribution in [0.15, 0.2) is 10.3 Å². The SMILES string of the molecule is CNCc1sc(S(=O)(=O)N(CCOC)C(C)C)cc1C. The molecule has 1 aromatic rings. The van der Waals surface area contributed by atoms with E-state index in [0.717, 1.165) is 10.4 Å².